The SMILES string of the molecule is CC(NCCC1CCOC1)C(C)C(=O)O. The van der Waals surface area contributed by atoms with E-state index < -0.39 is 5.97 Å². The number of hydrogen-bond acceptors (Lipinski definition) is 3. The van der Waals surface area contributed by atoms with E-state index in [1.165, 1.54) is 0 Å². The van der Waals surface area contributed by atoms with E-state index in [4.69, 9.17) is 9.84 Å². The van der Waals surface area contributed by atoms with Gasteiger partial charge in [-0.15, -0.1) is 0 Å². The summed E-state index contributed by atoms with van der Waals surface area (Å²) in [4.78, 5) is 10.7. The highest BCUT2D eigenvalue weighted by Crippen LogP contribution is 2.15. The Balaban J connectivity index is 2.10. The van der Waals surface area contributed by atoms with Gasteiger partial charge < -0.3 is 15.2 Å². The molecule has 0 aromatic rings. The summed E-state index contributed by atoms with van der Waals surface area (Å²) in [6.07, 6.45) is 2.22. The van der Waals surface area contributed by atoms with Crippen molar-refractivity contribution < 1.29 is 14.6 Å². The molecule has 1 aliphatic rings. The van der Waals surface area contributed by atoms with Gasteiger partial charge in [0.2, 0.25) is 0 Å². The van der Waals surface area contributed by atoms with Crippen molar-refractivity contribution in [2.75, 3.05) is 19.8 Å². The lowest BCUT2D eigenvalue weighted by Crippen LogP contribution is -2.37. The maximum atomic E-state index is 10.7. The van der Waals surface area contributed by atoms with Crippen molar-refractivity contribution >= 4 is 5.97 Å². The first-order valence-electron chi connectivity index (χ1n) is 5.65. The Morgan fingerprint density at radius 3 is 2.87 bits per heavy atom. The van der Waals surface area contributed by atoms with Gasteiger partial charge in [0.25, 0.3) is 0 Å². The number of rotatable bonds is 6. The van der Waals surface area contributed by atoms with Crippen molar-refractivity contribution in [1.82, 2.24) is 5.32 Å². The van der Waals surface area contributed by atoms with Gasteiger partial charge in [0.1, 0.15) is 0 Å². The van der Waals surface area contributed by atoms with Crippen molar-refractivity contribution in [3.05, 3.63) is 0 Å². The first-order valence-corrected chi connectivity index (χ1v) is 5.65. The first kappa shape index (κ1) is 12.5. The van der Waals surface area contributed by atoms with E-state index in [0.717, 1.165) is 32.6 Å². The molecule has 1 heterocycles. The van der Waals surface area contributed by atoms with Crippen molar-refractivity contribution in [3.8, 4) is 0 Å². The van der Waals surface area contributed by atoms with Crippen molar-refractivity contribution in [2.24, 2.45) is 11.8 Å². The minimum Gasteiger partial charge on any atom is -0.481 e. The maximum Gasteiger partial charge on any atom is 0.307 e. The van der Waals surface area contributed by atoms with Gasteiger partial charge in [-0.05, 0) is 32.2 Å². The fourth-order valence-corrected chi connectivity index (χ4v) is 1.72. The molecular weight excluding hydrogens is 194 g/mol. The van der Waals surface area contributed by atoms with Gasteiger partial charge in [0.05, 0.1) is 5.92 Å². The molecule has 0 spiro atoms. The van der Waals surface area contributed by atoms with E-state index in [1.807, 2.05) is 6.92 Å². The minimum atomic E-state index is -0.737. The Bertz CT molecular complexity index is 202. The van der Waals surface area contributed by atoms with E-state index >= 15 is 0 Å². The molecule has 4 nitrogen and oxygen atoms in total. The molecule has 1 saturated heterocycles. The Morgan fingerprint density at radius 1 is 1.60 bits per heavy atom. The van der Waals surface area contributed by atoms with Crippen LogP contribution >= 0.6 is 0 Å². The van der Waals surface area contributed by atoms with Gasteiger partial charge in [-0.25, -0.2) is 0 Å². The average Bonchev–Trinajstić information content (AvgIpc) is 2.69. The molecule has 4 heteroatoms. The van der Waals surface area contributed by atoms with Crippen molar-refractivity contribution in [3.63, 3.8) is 0 Å². The molecule has 0 aromatic heterocycles. The summed E-state index contributed by atoms with van der Waals surface area (Å²) in [5, 5.41) is 12.1. The van der Waals surface area contributed by atoms with Crippen LogP contribution in [-0.2, 0) is 9.53 Å². The summed E-state index contributed by atoms with van der Waals surface area (Å²) in [5.74, 6) is -0.408. The van der Waals surface area contributed by atoms with Crippen LogP contribution in [0.3, 0.4) is 0 Å². The quantitative estimate of drug-likeness (QED) is 0.697. The van der Waals surface area contributed by atoms with Gasteiger partial charge in [0, 0.05) is 19.3 Å². The van der Waals surface area contributed by atoms with E-state index in [2.05, 4.69) is 5.32 Å². The van der Waals surface area contributed by atoms with E-state index in [9.17, 15) is 4.79 Å². The number of aliphatic carboxylic acids is 1. The number of carboxylic acid groups (broad SMARTS) is 1. The summed E-state index contributed by atoms with van der Waals surface area (Å²) >= 11 is 0. The highest BCUT2D eigenvalue weighted by molar-refractivity contribution is 5.70. The molecule has 0 bridgehead atoms. The smallest absolute Gasteiger partial charge is 0.307 e. The number of carbonyl (C=O) groups is 1. The topological polar surface area (TPSA) is 58.6 Å². The molecule has 0 amide bonds. The van der Waals surface area contributed by atoms with E-state index in [1.54, 1.807) is 6.92 Å². The Kier molecular flexibility index (Phi) is 5.05. The molecule has 1 aliphatic heterocycles. The fourth-order valence-electron chi connectivity index (χ4n) is 1.72. The average molecular weight is 215 g/mol. The zero-order valence-electron chi connectivity index (χ0n) is 9.53. The van der Waals surface area contributed by atoms with E-state index in [0.29, 0.717) is 5.92 Å². The molecule has 88 valence electrons. The summed E-state index contributed by atoms with van der Waals surface area (Å²) in [5.41, 5.74) is 0. The molecule has 1 fully saturated rings. The zero-order valence-corrected chi connectivity index (χ0v) is 9.53. The molecule has 1 rings (SSSR count). The van der Waals surface area contributed by atoms with Crippen LogP contribution in [0.25, 0.3) is 0 Å². The van der Waals surface area contributed by atoms with Crippen LogP contribution in [0.5, 0.6) is 0 Å². The van der Waals surface area contributed by atoms with Crippen molar-refractivity contribution in [1.29, 1.82) is 0 Å². The molecule has 2 N–H and O–H groups in total. The lowest BCUT2D eigenvalue weighted by molar-refractivity contribution is -0.141. The lowest BCUT2D eigenvalue weighted by atomic mass is 10.0. The van der Waals surface area contributed by atoms with Crippen LogP contribution in [0.4, 0.5) is 0 Å². The third-order valence-electron chi connectivity index (χ3n) is 3.18. The van der Waals surface area contributed by atoms with Crippen LogP contribution in [0, 0.1) is 11.8 Å². The summed E-state index contributed by atoms with van der Waals surface area (Å²) in [7, 11) is 0. The third-order valence-corrected chi connectivity index (χ3v) is 3.18. The predicted molar refractivity (Wildman–Crippen MR) is 57.8 cm³/mol. The molecule has 0 radical (unpaired) electrons. The van der Waals surface area contributed by atoms with Crippen LogP contribution in [0.15, 0.2) is 0 Å². The van der Waals surface area contributed by atoms with E-state index in [-0.39, 0.29) is 12.0 Å². The largest absolute Gasteiger partial charge is 0.481 e. The first-order chi connectivity index (χ1) is 7.11. The molecule has 3 unspecified atom stereocenters. The zero-order chi connectivity index (χ0) is 11.3. The van der Waals surface area contributed by atoms with Gasteiger partial charge in [-0.2, -0.15) is 0 Å². The third kappa shape index (κ3) is 4.18. The highest BCUT2D eigenvalue weighted by atomic mass is 16.5. The normalized spacial score (nSPS) is 25.1. The standard InChI is InChI=1S/C11H21NO3/c1-8(11(13)14)9(2)12-5-3-10-4-6-15-7-10/h8-10,12H,3-7H2,1-2H3,(H,13,14). The van der Waals surface area contributed by atoms with Gasteiger partial charge in [0.15, 0.2) is 0 Å². The summed E-state index contributed by atoms with van der Waals surface area (Å²) in [6.45, 7) is 6.28. The minimum absolute atomic E-state index is 0.0322. The number of nitrogens with one attached hydrogen (secondary N) is 1. The van der Waals surface area contributed by atoms with Gasteiger partial charge in [-0.3, -0.25) is 4.79 Å². The Hall–Kier alpha value is -0.610. The predicted octanol–water partition coefficient (Wildman–Crippen LogP) is 1.11. The summed E-state index contributed by atoms with van der Waals surface area (Å²) < 4.78 is 5.28. The highest BCUT2D eigenvalue weighted by Gasteiger charge is 2.20. The molecular formula is C11H21NO3. The molecule has 0 aliphatic carbocycles. The Morgan fingerprint density at radius 2 is 2.33 bits per heavy atom. The molecule has 0 aromatic carbocycles. The monoisotopic (exact) mass is 215 g/mol. The van der Waals surface area contributed by atoms with Gasteiger partial charge >= 0.3 is 5.97 Å². The number of carboxylic acids is 1. The van der Waals surface area contributed by atoms with Crippen LogP contribution in [-0.4, -0.2) is 36.9 Å². The second-order valence-corrected chi connectivity index (χ2v) is 4.39. The van der Waals surface area contributed by atoms with Crippen LogP contribution < -0.4 is 5.32 Å². The summed E-state index contributed by atoms with van der Waals surface area (Å²) in [6, 6.07) is 0.0322. The van der Waals surface area contributed by atoms with Crippen molar-refractivity contribution in [2.45, 2.75) is 32.7 Å². The molecule has 15 heavy (non-hydrogen) atoms. The van der Waals surface area contributed by atoms with Crippen LogP contribution in [0.1, 0.15) is 26.7 Å². The second kappa shape index (κ2) is 6.08. The lowest BCUT2D eigenvalue weighted by Gasteiger charge is -2.18. The Labute approximate surface area is 91.0 Å². The second-order valence-electron chi connectivity index (χ2n) is 4.39. The molecule has 3 atom stereocenters. The maximum absolute atomic E-state index is 10.7. The number of hydrogen-bond donors (Lipinski definition) is 2. The van der Waals surface area contributed by atoms with Crippen LogP contribution in [0.2, 0.25) is 0 Å². The fraction of sp³-hybridized carbons (Fsp3) is 0.909. The molecule has 0 saturated carbocycles. The van der Waals surface area contributed by atoms with Gasteiger partial charge in [-0.1, -0.05) is 6.92 Å². The number of ether oxygens (including phenoxy) is 1.